The number of phosphoric ester groups is 1. The van der Waals surface area contributed by atoms with Gasteiger partial charge in [-0.05, 0) is 53.9 Å². The van der Waals surface area contributed by atoms with Crippen LogP contribution in [0.1, 0.15) is 17.5 Å². The Kier molecular flexibility index (Phi) is 6.79. The van der Waals surface area contributed by atoms with E-state index in [1.54, 1.807) is 54.3 Å². The lowest BCUT2D eigenvalue weighted by molar-refractivity contribution is -0.116. The van der Waals surface area contributed by atoms with Crippen LogP contribution in [-0.2, 0) is 34.0 Å². The monoisotopic (exact) mass is 433 g/mol. The first-order valence-corrected chi connectivity index (χ1v) is 10.6. The van der Waals surface area contributed by atoms with Crippen LogP contribution in [0.4, 0.5) is 10.1 Å². The molecule has 0 radical (unpaired) electrons. The molecule has 3 aromatic rings. The smallest absolute Gasteiger partial charge is 0.326 e. The van der Waals surface area contributed by atoms with E-state index in [1.165, 1.54) is 12.1 Å². The van der Waals surface area contributed by atoms with E-state index in [0.29, 0.717) is 17.7 Å². The third-order valence-electron chi connectivity index (χ3n) is 4.39. The first kappa shape index (κ1) is 21.9. The van der Waals surface area contributed by atoms with Crippen molar-refractivity contribution in [2.24, 2.45) is 7.05 Å². The third kappa shape index (κ3) is 6.08. The van der Waals surface area contributed by atoms with Crippen molar-refractivity contribution in [2.75, 3.05) is 5.32 Å². The van der Waals surface area contributed by atoms with Gasteiger partial charge in [0.15, 0.2) is 0 Å². The number of rotatable bonds is 8. The Morgan fingerprint density at radius 2 is 1.83 bits per heavy atom. The fourth-order valence-corrected chi connectivity index (χ4v) is 3.28. The Bertz CT molecular complexity index is 1060. The second-order valence-corrected chi connectivity index (χ2v) is 7.90. The van der Waals surface area contributed by atoms with Crippen molar-refractivity contribution in [3.05, 3.63) is 71.7 Å². The Hall–Kier alpha value is -2.84. The molecule has 0 atom stereocenters. The maximum absolute atomic E-state index is 13.2. The Balaban J connectivity index is 1.58. The van der Waals surface area contributed by atoms with Crippen molar-refractivity contribution in [1.29, 1.82) is 0 Å². The molecule has 0 unspecified atom stereocenters. The van der Waals surface area contributed by atoms with Crippen LogP contribution >= 0.6 is 7.82 Å². The van der Waals surface area contributed by atoms with E-state index in [9.17, 15) is 13.8 Å². The zero-order valence-electron chi connectivity index (χ0n) is 16.2. The van der Waals surface area contributed by atoms with Crippen LogP contribution in [0.3, 0.4) is 0 Å². The number of hydrogen-bond donors (Lipinski definition) is 3. The van der Waals surface area contributed by atoms with Gasteiger partial charge in [0.25, 0.3) is 0 Å². The summed E-state index contributed by atoms with van der Waals surface area (Å²) in [7, 11) is -2.73. The van der Waals surface area contributed by atoms with Crippen LogP contribution in [0.2, 0.25) is 0 Å². The summed E-state index contributed by atoms with van der Waals surface area (Å²) < 4.78 is 30.0. The molecule has 0 aliphatic carbocycles. The number of aromatic nitrogens is 2. The van der Waals surface area contributed by atoms with E-state index < -0.39 is 7.82 Å². The van der Waals surface area contributed by atoms with Gasteiger partial charge in [-0.25, -0.2) is 8.96 Å². The second kappa shape index (κ2) is 9.32. The number of halogens is 1. The predicted molar refractivity (Wildman–Crippen MR) is 109 cm³/mol. The molecular formula is C20H21FN3O5P. The van der Waals surface area contributed by atoms with Gasteiger partial charge in [-0.3, -0.25) is 14.0 Å². The number of carbonyl (C=O) groups is 1. The molecule has 0 aliphatic rings. The molecule has 1 heterocycles. The van der Waals surface area contributed by atoms with Crippen LogP contribution in [0, 0.1) is 5.82 Å². The molecule has 0 aliphatic heterocycles. The topological polar surface area (TPSA) is 114 Å². The summed E-state index contributed by atoms with van der Waals surface area (Å²) in [5, 5.41) is 7.02. The summed E-state index contributed by atoms with van der Waals surface area (Å²) in [4.78, 5) is 29.8. The van der Waals surface area contributed by atoms with Crippen molar-refractivity contribution in [3.8, 4) is 11.3 Å². The molecular weight excluding hydrogens is 412 g/mol. The van der Waals surface area contributed by atoms with Gasteiger partial charge in [-0.1, -0.05) is 12.1 Å². The maximum Gasteiger partial charge on any atom is 0.469 e. The van der Waals surface area contributed by atoms with Gasteiger partial charge in [-0.2, -0.15) is 5.10 Å². The number of hydrogen-bond acceptors (Lipinski definition) is 4. The third-order valence-corrected chi connectivity index (χ3v) is 4.86. The summed E-state index contributed by atoms with van der Waals surface area (Å²) in [6.07, 6.45) is 2.38. The number of nitrogens with one attached hydrogen (secondary N) is 1. The van der Waals surface area contributed by atoms with Crippen LogP contribution < -0.4 is 5.32 Å². The van der Waals surface area contributed by atoms with E-state index in [2.05, 4.69) is 14.9 Å². The summed E-state index contributed by atoms with van der Waals surface area (Å²) in [5.74, 6) is -0.510. The highest BCUT2D eigenvalue weighted by molar-refractivity contribution is 7.46. The average Bonchev–Trinajstić information content (AvgIpc) is 3.06. The number of nitrogens with zero attached hydrogens (tertiary/aromatic N) is 2. The summed E-state index contributed by atoms with van der Waals surface area (Å²) in [6.45, 7) is -0.230. The number of benzene rings is 2. The molecule has 3 rings (SSSR count). The van der Waals surface area contributed by atoms with Gasteiger partial charge in [-0.15, -0.1) is 0 Å². The highest BCUT2D eigenvalue weighted by Gasteiger charge is 2.14. The first-order valence-electron chi connectivity index (χ1n) is 9.07. The molecule has 10 heteroatoms. The van der Waals surface area contributed by atoms with Crippen molar-refractivity contribution < 1.29 is 28.1 Å². The summed E-state index contributed by atoms with van der Waals surface area (Å²) in [5.41, 5.74) is 3.65. The quantitative estimate of drug-likeness (QED) is 0.469. The molecule has 0 bridgehead atoms. The number of anilines is 1. The van der Waals surface area contributed by atoms with Crippen molar-refractivity contribution >= 4 is 19.4 Å². The Labute approximate surface area is 172 Å². The van der Waals surface area contributed by atoms with Crippen LogP contribution in [-0.4, -0.2) is 25.5 Å². The summed E-state index contributed by atoms with van der Waals surface area (Å²) in [6, 6.07) is 12.6. The lowest BCUT2D eigenvalue weighted by atomic mass is 10.0. The molecule has 0 fully saturated rings. The number of aryl methyl sites for hydroxylation is 2. The highest BCUT2D eigenvalue weighted by atomic mass is 31.2. The molecule has 8 nitrogen and oxygen atoms in total. The van der Waals surface area contributed by atoms with Gasteiger partial charge >= 0.3 is 7.82 Å². The fourth-order valence-electron chi connectivity index (χ4n) is 2.96. The molecule has 2 aromatic carbocycles. The fraction of sp³-hybridized carbons (Fsp3) is 0.200. The largest absolute Gasteiger partial charge is 0.469 e. The van der Waals surface area contributed by atoms with Gasteiger partial charge in [0.2, 0.25) is 5.91 Å². The van der Waals surface area contributed by atoms with Crippen molar-refractivity contribution in [2.45, 2.75) is 19.4 Å². The first-order chi connectivity index (χ1) is 14.2. The minimum Gasteiger partial charge on any atom is -0.326 e. The second-order valence-electron chi connectivity index (χ2n) is 6.66. The van der Waals surface area contributed by atoms with Crippen LogP contribution in [0.5, 0.6) is 0 Å². The zero-order valence-corrected chi connectivity index (χ0v) is 17.1. The molecule has 158 valence electrons. The van der Waals surface area contributed by atoms with Gasteiger partial charge < -0.3 is 15.1 Å². The van der Waals surface area contributed by atoms with E-state index >= 15 is 0 Å². The lowest BCUT2D eigenvalue weighted by Gasteiger charge is -2.09. The van der Waals surface area contributed by atoms with Gasteiger partial charge in [0, 0.05) is 24.7 Å². The minimum absolute atomic E-state index is 0.192. The number of carbonyl (C=O) groups excluding carboxylic acids is 1. The molecule has 1 amide bonds. The molecule has 1 aromatic heterocycles. The van der Waals surface area contributed by atoms with Crippen LogP contribution in [0.25, 0.3) is 11.3 Å². The molecule has 0 spiro atoms. The number of amides is 1. The van der Waals surface area contributed by atoms with Gasteiger partial charge in [0.05, 0.1) is 18.5 Å². The number of phosphoric acid groups is 1. The van der Waals surface area contributed by atoms with Gasteiger partial charge in [0.1, 0.15) is 5.82 Å². The maximum atomic E-state index is 13.2. The average molecular weight is 433 g/mol. The summed E-state index contributed by atoms with van der Waals surface area (Å²) >= 11 is 0. The highest BCUT2D eigenvalue weighted by Crippen LogP contribution is 2.37. The SMILES string of the molecule is Cn1ncc(CCC(=O)Nc2ccc(COP(=O)(O)O)cc2)c1-c1ccc(F)cc1. The Morgan fingerprint density at radius 1 is 1.17 bits per heavy atom. The molecule has 0 saturated heterocycles. The van der Waals surface area contributed by atoms with E-state index in [1.807, 2.05) is 0 Å². The standard InChI is InChI=1S/C20H21FN3O5P/c1-24-20(15-4-7-17(21)8-5-15)16(12-22-24)6-11-19(25)23-18-9-2-14(3-10-18)13-29-30(26,27)28/h2-5,7-10,12H,6,11,13H2,1H3,(H,23,25)(H2,26,27,28). The lowest BCUT2D eigenvalue weighted by Crippen LogP contribution is -2.12. The Morgan fingerprint density at radius 3 is 2.47 bits per heavy atom. The normalized spacial score (nSPS) is 11.5. The molecule has 3 N–H and O–H groups in total. The van der Waals surface area contributed by atoms with E-state index in [4.69, 9.17) is 9.79 Å². The zero-order chi connectivity index (χ0) is 21.7. The van der Waals surface area contributed by atoms with E-state index in [-0.39, 0.29) is 24.8 Å². The predicted octanol–water partition coefficient (Wildman–Crippen LogP) is 3.41. The minimum atomic E-state index is -4.53. The van der Waals surface area contributed by atoms with Crippen molar-refractivity contribution in [3.63, 3.8) is 0 Å². The molecule has 0 saturated carbocycles. The van der Waals surface area contributed by atoms with Crippen LogP contribution in [0.15, 0.2) is 54.7 Å². The van der Waals surface area contributed by atoms with Crippen molar-refractivity contribution in [1.82, 2.24) is 9.78 Å². The van der Waals surface area contributed by atoms with E-state index in [0.717, 1.165) is 16.8 Å². The molecule has 30 heavy (non-hydrogen) atoms.